The fourth-order valence-electron chi connectivity index (χ4n) is 3.35. The number of hydrogen-bond donors (Lipinski definition) is 1. The fourth-order valence-corrected chi connectivity index (χ4v) is 3.35. The van der Waals surface area contributed by atoms with E-state index in [2.05, 4.69) is 34.9 Å². The third kappa shape index (κ3) is 4.16. The second kappa shape index (κ2) is 7.87. The topological polar surface area (TPSA) is 119 Å². The Labute approximate surface area is 157 Å². The lowest BCUT2D eigenvalue weighted by molar-refractivity contribution is 0.0308. The van der Waals surface area contributed by atoms with Crippen molar-refractivity contribution in [1.29, 1.82) is 0 Å². The third-order valence-electron chi connectivity index (χ3n) is 4.82. The van der Waals surface area contributed by atoms with Gasteiger partial charge in [0.05, 0.1) is 12.6 Å². The van der Waals surface area contributed by atoms with E-state index in [9.17, 15) is 0 Å². The second-order valence-corrected chi connectivity index (χ2v) is 6.73. The molecule has 2 aliphatic heterocycles. The highest BCUT2D eigenvalue weighted by atomic mass is 16.5. The molecule has 0 bridgehead atoms. The number of hydrogen-bond acceptors (Lipinski definition) is 8. The van der Waals surface area contributed by atoms with E-state index in [0.717, 1.165) is 45.0 Å². The van der Waals surface area contributed by atoms with E-state index < -0.39 is 0 Å². The highest BCUT2D eigenvalue weighted by molar-refractivity contribution is 5.78. The predicted molar refractivity (Wildman–Crippen MR) is 98.2 cm³/mol. The molecule has 2 saturated heterocycles. The first-order chi connectivity index (χ1) is 13.2. The predicted octanol–water partition coefficient (Wildman–Crippen LogP) is 0.525. The largest absolute Gasteiger partial charge is 0.370 e. The van der Waals surface area contributed by atoms with Gasteiger partial charge in [0, 0.05) is 38.6 Å². The minimum atomic E-state index is -0.137. The van der Waals surface area contributed by atoms with Crippen molar-refractivity contribution in [2.24, 2.45) is 10.7 Å². The molecule has 2 atom stereocenters. The molecule has 2 fully saturated rings. The lowest BCUT2D eigenvalue weighted by Gasteiger charge is -2.35. The van der Waals surface area contributed by atoms with Crippen molar-refractivity contribution in [3.8, 4) is 0 Å². The summed E-state index contributed by atoms with van der Waals surface area (Å²) in [5, 5.41) is 3.82. The van der Waals surface area contributed by atoms with E-state index in [1.807, 2.05) is 6.07 Å². The van der Waals surface area contributed by atoms with Crippen LogP contribution in [0.15, 0.2) is 28.0 Å². The molecule has 27 heavy (non-hydrogen) atoms. The molecule has 0 unspecified atom stereocenters. The summed E-state index contributed by atoms with van der Waals surface area (Å²) >= 11 is 0. The highest BCUT2D eigenvalue weighted by Crippen LogP contribution is 2.31. The minimum Gasteiger partial charge on any atom is -0.370 e. The Balaban J connectivity index is 1.25. The van der Waals surface area contributed by atoms with Crippen LogP contribution in [0.25, 0.3) is 0 Å². The number of nitrogens with zero attached hydrogens (tertiary/aromatic N) is 7. The number of ether oxygens (including phenoxy) is 1. The SMILES string of the molecule is Cc1noc([C@@H]2CC[C@H](CN=C(N)N3CCN(c4ncccn4)CC3)O2)n1. The van der Waals surface area contributed by atoms with Gasteiger partial charge in [-0.3, -0.25) is 4.99 Å². The van der Waals surface area contributed by atoms with Crippen molar-refractivity contribution < 1.29 is 9.26 Å². The van der Waals surface area contributed by atoms with Gasteiger partial charge in [-0.1, -0.05) is 5.16 Å². The van der Waals surface area contributed by atoms with Gasteiger partial charge in [0.2, 0.25) is 5.95 Å². The Kier molecular flexibility index (Phi) is 5.14. The van der Waals surface area contributed by atoms with Gasteiger partial charge in [-0.25, -0.2) is 9.97 Å². The van der Waals surface area contributed by atoms with Crippen molar-refractivity contribution in [2.75, 3.05) is 37.6 Å². The van der Waals surface area contributed by atoms with E-state index in [4.69, 9.17) is 15.0 Å². The molecule has 0 radical (unpaired) electrons. The summed E-state index contributed by atoms with van der Waals surface area (Å²) in [5.74, 6) is 2.49. The van der Waals surface area contributed by atoms with Gasteiger partial charge in [-0.05, 0) is 25.8 Å². The number of anilines is 1. The number of aryl methyl sites for hydroxylation is 1. The number of aliphatic imine (C=N–C) groups is 1. The Morgan fingerprint density at radius 2 is 2.00 bits per heavy atom. The summed E-state index contributed by atoms with van der Waals surface area (Å²) < 4.78 is 11.2. The summed E-state index contributed by atoms with van der Waals surface area (Å²) in [6.07, 6.45) is 5.17. The zero-order chi connectivity index (χ0) is 18.6. The molecule has 2 aromatic rings. The molecule has 0 saturated carbocycles. The lowest BCUT2D eigenvalue weighted by Crippen LogP contribution is -2.51. The maximum Gasteiger partial charge on any atom is 0.255 e. The molecular formula is C17H24N8O2. The fraction of sp³-hybridized carbons (Fsp3) is 0.588. The Morgan fingerprint density at radius 1 is 1.22 bits per heavy atom. The van der Waals surface area contributed by atoms with E-state index in [-0.39, 0.29) is 12.2 Å². The maximum absolute atomic E-state index is 6.19. The van der Waals surface area contributed by atoms with Crippen LogP contribution in [0.2, 0.25) is 0 Å². The van der Waals surface area contributed by atoms with Crippen LogP contribution in [0.5, 0.6) is 0 Å². The Bertz CT molecular complexity index is 772. The van der Waals surface area contributed by atoms with E-state index in [0.29, 0.717) is 24.2 Å². The van der Waals surface area contributed by atoms with E-state index >= 15 is 0 Å². The standard InChI is InChI=1S/C17H24N8O2/c1-12-22-15(27-23-12)14-4-3-13(26-14)11-21-16(18)24-7-9-25(10-8-24)17-19-5-2-6-20-17/h2,5-6,13-14H,3-4,7-11H2,1H3,(H2,18,21)/t13-,14+/m1/s1. The smallest absolute Gasteiger partial charge is 0.255 e. The molecule has 10 heteroatoms. The minimum absolute atomic E-state index is 0.0276. The zero-order valence-electron chi connectivity index (χ0n) is 15.4. The van der Waals surface area contributed by atoms with E-state index in [1.54, 1.807) is 19.3 Å². The quantitative estimate of drug-likeness (QED) is 0.605. The van der Waals surface area contributed by atoms with Gasteiger partial charge in [-0.15, -0.1) is 0 Å². The lowest BCUT2D eigenvalue weighted by atomic mass is 10.2. The summed E-state index contributed by atoms with van der Waals surface area (Å²) in [6.45, 7) is 5.56. The van der Waals surface area contributed by atoms with Crippen LogP contribution in [0.3, 0.4) is 0 Å². The van der Waals surface area contributed by atoms with Crippen LogP contribution in [-0.4, -0.2) is 69.8 Å². The molecule has 2 N–H and O–H groups in total. The van der Waals surface area contributed by atoms with Crippen molar-refractivity contribution >= 4 is 11.9 Å². The molecule has 0 aliphatic carbocycles. The van der Waals surface area contributed by atoms with Crippen LogP contribution >= 0.6 is 0 Å². The normalized spacial score (nSPS) is 23.8. The molecule has 2 aliphatic rings. The van der Waals surface area contributed by atoms with Crippen LogP contribution in [0.1, 0.15) is 30.7 Å². The summed E-state index contributed by atoms with van der Waals surface area (Å²) in [4.78, 5) is 21.6. The van der Waals surface area contributed by atoms with Crippen LogP contribution in [0.4, 0.5) is 5.95 Å². The van der Waals surface area contributed by atoms with Crippen LogP contribution < -0.4 is 10.6 Å². The number of piperazine rings is 1. The molecule has 0 aromatic carbocycles. The number of rotatable bonds is 4. The Hall–Kier alpha value is -2.75. The zero-order valence-corrected chi connectivity index (χ0v) is 15.4. The molecule has 0 spiro atoms. The third-order valence-corrected chi connectivity index (χ3v) is 4.82. The molecular weight excluding hydrogens is 348 g/mol. The van der Waals surface area contributed by atoms with Crippen molar-refractivity contribution in [3.05, 3.63) is 30.2 Å². The van der Waals surface area contributed by atoms with Gasteiger partial charge in [-0.2, -0.15) is 4.98 Å². The first-order valence-electron chi connectivity index (χ1n) is 9.21. The molecule has 4 heterocycles. The molecule has 0 amide bonds. The average molecular weight is 372 g/mol. The van der Waals surface area contributed by atoms with Crippen LogP contribution in [0, 0.1) is 6.92 Å². The van der Waals surface area contributed by atoms with Gasteiger partial charge in [0.25, 0.3) is 5.89 Å². The monoisotopic (exact) mass is 372 g/mol. The van der Waals surface area contributed by atoms with Gasteiger partial charge < -0.3 is 24.8 Å². The van der Waals surface area contributed by atoms with Gasteiger partial charge >= 0.3 is 0 Å². The number of nitrogens with two attached hydrogens (primary N) is 1. The average Bonchev–Trinajstić information content (AvgIpc) is 3.36. The molecule has 4 rings (SSSR count). The number of aromatic nitrogens is 4. The molecule has 10 nitrogen and oxygen atoms in total. The highest BCUT2D eigenvalue weighted by Gasteiger charge is 2.30. The summed E-state index contributed by atoms with van der Waals surface area (Å²) in [7, 11) is 0. The van der Waals surface area contributed by atoms with E-state index in [1.165, 1.54) is 0 Å². The van der Waals surface area contributed by atoms with Crippen molar-refractivity contribution in [3.63, 3.8) is 0 Å². The molecule has 2 aromatic heterocycles. The number of guanidine groups is 1. The van der Waals surface area contributed by atoms with Crippen molar-refractivity contribution in [2.45, 2.75) is 32.0 Å². The maximum atomic E-state index is 6.19. The second-order valence-electron chi connectivity index (χ2n) is 6.73. The summed E-state index contributed by atoms with van der Waals surface area (Å²) in [6, 6.07) is 1.82. The van der Waals surface area contributed by atoms with Gasteiger partial charge in [0.15, 0.2) is 11.8 Å². The summed E-state index contributed by atoms with van der Waals surface area (Å²) in [5.41, 5.74) is 6.19. The first kappa shape index (κ1) is 17.7. The first-order valence-corrected chi connectivity index (χ1v) is 9.21. The van der Waals surface area contributed by atoms with Crippen LogP contribution in [-0.2, 0) is 4.74 Å². The van der Waals surface area contributed by atoms with Crippen molar-refractivity contribution in [1.82, 2.24) is 25.0 Å². The Morgan fingerprint density at radius 3 is 2.70 bits per heavy atom. The van der Waals surface area contributed by atoms with Gasteiger partial charge in [0.1, 0.15) is 6.10 Å². The molecule has 144 valence electrons.